The number of amides is 1. The molecule has 1 saturated heterocycles. The van der Waals surface area contributed by atoms with Crippen molar-refractivity contribution < 1.29 is 23.1 Å². The molecule has 2 rings (SSSR count). The zero-order chi connectivity index (χ0) is 15.8. The molecule has 0 spiro atoms. The molecule has 1 fully saturated rings. The van der Waals surface area contributed by atoms with Crippen molar-refractivity contribution in [2.75, 3.05) is 20.1 Å². The number of carbonyl (C=O) groups excluding carboxylic acids is 1. The molecule has 21 heavy (non-hydrogen) atoms. The largest absolute Gasteiger partial charge is 0.478 e. The fraction of sp³-hybridized carbons (Fsp3) is 0.500. The molecule has 1 atom stereocenters. The van der Waals surface area contributed by atoms with E-state index in [0.717, 1.165) is 17.4 Å². The lowest BCUT2D eigenvalue weighted by atomic mass is 9.89. The first kappa shape index (κ1) is 15.9. The van der Waals surface area contributed by atoms with Gasteiger partial charge in [-0.3, -0.25) is 4.79 Å². The number of sulfonamides is 1. The van der Waals surface area contributed by atoms with E-state index in [1.807, 2.05) is 0 Å². The molecule has 116 valence electrons. The molecule has 7 nitrogen and oxygen atoms in total. The van der Waals surface area contributed by atoms with Crippen LogP contribution in [0, 0.1) is 5.41 Å². The summed E-state index contributed by atoms with van der Waals surface area (Å²) in [4.78, 5) is 22.7. The van der Waals surface area contributed by atoms with Crippen molar-refractivity contribution in [2.45, 2.75) is 17.6 Å². The van der Waals surface area contributed by atoms with Crippen LogP contribution >= 0.6 is 11.3 Å². The van der Waals surface area contributed by atoms with Gasteiger partial charge in [0.05, 0.1) is 11.0 Å². The molecular formula is C12H16N2O5S2. The molecule has 1 unspecified atom stereocenters. The van der Waals surface area contributed by atoms with Crippen LogP contribution in [0.4, 0.5) is 0 Å². The van der Waals surface area contributed by atoms with Crippen LogP contribution in [-0.4, -0.2) is 49.8 Å². The fourth-order valence-corrected chi connectivity index (χ4v) is 5.17. The van der Waals surface area contributed by atoms with Gasteiger partial charge < -0.3 is 10.4 Å². The Hall–Kier alpha value is -1.45. The molecule has 0 aliphatic carbocycles. The highest BCUT2D eigenvalue weighted by Crippen LogP contribution is 2.35. The number of hydrogen-bond donors (Lipinski definition) is 2. The summed E-state index contributed by atoms with van der Waals surface area (Å²) >= 11 is 0.875. The Labute approximate surface area is 126 Å². The SMILES string of the molecule is CNC(=O)C1(C)CCN(S(=O)(=O)c2cc(C(=O)O)cs2)C1. The summed E-state index contributed by atoms with van der Waals surface area (Å²) in [5.41, 5.74) is -0.804. The van der Waals surface area contributed by atoms with Crippen molar-refractivity contribution in [2.24, 2.45) is 5.41 Å². The molecule has 1 aromatic rings. The Morgan fingerprint density at radius 2 is 2.14 bits per heavy atom. The van der Waals surface area contributed by atoms with Gasteiger partial charge in [0.15, 0.2) is 0 Å². The molecule has 1 aromatic heterocycles. The summed E-state index contributed by atoms with van der Waals surface area (Å²) < 4.78 is 26.2. The first-order chi connectivity index (χ1) is 9.70. The maximum absolute atomic E-state index is 12.5. The minimum atomic E-state index is -3.76. The summed E-state index contributed by atoms with van der Waals surface area (Å²) in [6, 6.07) is 1.15. The number of carbonyl (C=O) groups is 2. The summed E-state index contributed by atoms with van der Waals surface area (Å²) in [5.74, 6) is -1.36. The summed E-state index contributed by atoms with van der Waals surface area (Å²) in [7, 11) is -2.24. The molecule has 1 aliphatic rings. The first-order valence-corrected chi connectivity index (χ1v) is 8.57. The predicted molar refractivity (Wildman–Crippen MR) is 76.8 cm³/mol. The number of hydrogen-bond acceptors (Lipinski definition) is 5. The Kier molecular flexibility index (Phi) is 4.09. The van der Waals surface area contributed by atoms with Crippen LogP contribution in [0.2, 0.25) is 0 Å². The van der Waals surface area contributed by atoms with E-state index in [2.05, 4.69) is 5.32 Å². The minimum absolute atomic E-state index is 0.0129. The van der Waals surface area contributed by atoms with Gasteiger partial charge in [-0.15, -0.1) is 11.3 Å². The number of nitrogens with one attached hydrogen (secondary N) is 1. The van der Waals surface area contributed by atoms with Crippen LogP contribution in [0.3, 0.4) is 0 Å². The van der Waals surface area contributed by atoms with E-state index in [0.29, 0.717) is 6.42 Å². The molecule has 1 amide bonds. The van der Waals surface area contributed by atoms with E-state index in [4.69, 9.17) is 5.11 Å². The normalized spacial score (nSPS) is 23.1. The van der Waals surface area contributed by atoms with Gasteiger partial charge in [-0.2, -0.15) is 4.31 Å². The van der Waals surface area contributed by atoms with Crippen LogP contribution in [0.15, 0.2) is 15.7 Å². The maximum Gasteiger partial charge on any atom is 0.336 e. The van der Waals surface area contributed by atoms with Gasteiger partial charge in [-0.25, -0.2) is 13.2 Å². The smallest absolute Gasteiger partial charge is 0.336 e. The Bertz CT molecular complexity index is 682. The second kappa shape index (κ2) is 5.39. The second-order valence-corrected chi connectivity index (χ2v) is 8.26. The number of carboxylic acids is 1. The van der Waals surface area contributed by atoms with Crippen LogP contribution < -0.4 is 5.32 Å². The lowest BCUT2D eigenvalue weighted by Gasteiger charge is -2.22. The number of nitrogens with zero attached hydrogens (tertiary/aromatic N) is 1. The van der Waals surface area contributed by atoms with Gasteiger partial charge in [0.1, 0.15) is 4.21 Å². The summed E-state index contributed by atoms with van der Waals surface area (Å²) in [6.45, 7) is 2.06. The molecule has 1 aliphatic heterocycles. The molecule has 9 heteroatoms. The average molecular weight is 332 g/mol. The third-order valence-electron chi connectivity index (χ3n) is 3.63. The molecular weight excluding hydrogens is 316 g/mol. The van der Waals surface area contributed by atoms with Crippen LogP contribution in [0.5, 0.6) is 0 Å². The quantitative estimate of drug-likeness (QED) is 0.840. The van der Waals surface area contributed by atoms with Crippen LogP contribution in [0.1, 0.15) is 23.7 Å². The molecule has 2 N–H and O–H groups in total. The highest BCUT2D eigenvalue weighted by Gasteiger charge is 2.44. The van der Waals surface area contributed by atoms with Gasteiger partial charge in [-0.1, -0.05) is 0 Å². The van der Waals surface area contributed by atoms with E-state index in [-0.39, 0.29) is 28.8 Å². The fourth-order valence-electron chi connectivity index (χ4n) is 2.30. The van der Waals surface area contributed by atoms with E-state index >= 15 is 0 Å². The van der Waals surface area contributed by atoms with E-state index in [9.17, 15) is 18.0 Å². The summed E-state index contributed by atoms with van der Waals surface area (Å²) in [5, 5.41) is 12.7. The van der Waals surface area contributed by atoms with Gasteiger partial charge >= 0.3 is 5.97 Å². The third-order valence-corrected chi connectivity index (χ3v) is 6.89. The average Bonchev–Trinajstić information content (AvgIpc) is 3.05. The standard InChI is InChI=1S/C12H16N2O5S2/c1-12(11(17)13-2)3-4-14(7-12)21(18,19)9-5-8(6-20-9)10(15)16/h5-6H,3-4,7H2,1-2H3,(H,13,17)(H,15,16). The van der Waals surface area contributed by atoms with E-state index in [1.54, 1.807) is 6.92 Å². The number of aromatic carboxylic acids is 1. The van der Waals surface area contributed by atoms with Crippen molar-refractivity contribution >= 4 is 33.2 Å². The zero-order valence-electron chi connectivity index (χ0n) is 11.6. The molecule has 0 bridgehead atoms. The zero-order valence-corrected chi connectivity index (χ0v) is 13.3. The highest BCUT2D eigenvalue weighted by atomic mass is 32.2. The van der Waals surface area contributed by atoms with Gasteiger partial charge in [0.25, 0.3) is 10.0 Å². The van der Waals surface area contributed by atoms with Crippen molar-refractivity contribution in [3.63, 3.8) is 0 Å². The Morgan fingerprint density at radius 3 is 2.67 bits per heavy atom. The van der Waals surface area contributed by atoms with Crippen molar-refractivity contribution in [3.8, 4) is 0 Å². The second-order valence-electron chi connectivity index (χ2n) is 5.19. The molecule has 0 saturated carbocycles. The Morgan fingerprint density at radius 1 is 1.48 bits per heavy atom. The summed E-state index contributed by atoms with van der Waals surface area (Å²) in [6.07, 6.45) is 0.434. The number of carboxylic acid groups (broad SMARTS) is 1. The lowest BCUT2D eigenvalue weighted by Crippen LogP contribution is -2.40. The molecule has 0 aromatic carbocycles. The lowest BCUT2D eigenvalue weighted by molar-refractivity contribution is -0.128. The van der Waals surface area contributed by atoms with Gasteiger partial charge in [0.2, 0.25) is 5.91 Å². The molecule has 0 radical (unpaired) electrons. The highest BCUT2D eigenvalue weighted by molar-refractivity contribution is 7.91. The minimum Gasteiger partial charge on any atom is -0.478 e. The van der Waals surface area contributed by atoms with E-state index in [1.165, 1.54) is 16.7 Å². The number of rotatable bonds is 4. The van der Waals surface area contributed by atoms with Crippen molar-refractivity contribution in [1.29, 1.82) is 0 Å². The van der Waals surface area contributed by atoms with Crippen LogP contribution in [0.25, 0.3) is 0 Å². The number of thiophene rings is 1. The first-order valence-electron chi connectivity index (χ1n) is 6.25. The van der Waals surface area contributed by atoms with Crippen molar-refractivity contribution in [1.82, 2.24) is 9.62 Å². The van der Waals surface area contributed by atoms with Gasteiger partial charge in [0, 0.05) is 25.5 Å². The predicted octanol–water partition coefficient (Wildman–Crippen LogP) is 0.593. The molecule has 2 heterocycles. The van der Waals surface area contributed by atoms with Crippen LogP contribution in [-0.2, 0) is 14.8 Å². The topological polar surface area (TPSA) is 104 Å². The van der Waals surface area contributed by atoms with Crippen molar-refractivity contribution in [3.05, 3.63) is 17.0 Å². The van der Waals surface area contributed by atoms with Gasteiger partial charge in [-0.05, 0) is 19.4 Å². The van der Waals surface area contributed by atoms with E-state index < -0.39 is 21.4 Å². The third kappa shape index (κ3) is 2.81. The maximum atomic E-state index is 12.5. The Balaban J connectivity index is 2.25. The monoisotopic (exact) mass is 332 g/mol.